The SMILES string of the molecule is O=C(Nc1nccc(C2CC2)n1)N1CCc2ccc([N+](=O)[O-])cc2C1. The van der Waals surface area contributed by atoms with Gasteiger partial charge in [0, 0.05) is 43.0 Å². The number of carbonyl (C=O) groups is 1. The lowest BCUT2D eigenvalue weighted by Crippen LogP contribution is -2.39. The zero-order chi connectivity index (χ0) is 17.4. The fourth-order valence-electron chi connectivity index (χ4n) is 3.04. The molecule has 1 aromatic carbocycles. The third-order valence-electron chi connectivity index (χ3n) is 4.59. The number of non-ortho nitro benzene ring substituents is 1. The van der Waals surface area contributed by atoms with Gasteiger partial charge in [0.2, 0.25) is 5.95 Å². The molecular formula is C17H17N5O3. The summed E-state index contributed by atoms with van der Waals surface area (Å²) in [5.41, 5.74) is 2.86. The lowest BCUT2D eigenvalue weighted by atomic mass is 9.99. The Bertz CT molecular complexity index is 850. The smallest absolute Gasteiger partial charge is 0.320 e. The van der Waals surface area contributed by atoms with Crippen molar-refractivity contribution in [2.24, 2.45) is 0 Å². The summed E-state index contributed by atoms with van der Waals surface area (Å²) in [7, 11) is 0. The number of amides is 2. The van der Waals surface area contributed by atoms with E-state index in [-0.39, 0.29) is 11.7 Å². The number of nitrogens with zero attached hydrogens (tertiary/aromatic N) is 4. The number of aromatic nitrogens is 2. The van der Waals surface area contributed by atoms with Crippen molar-refractivity contribution in [3.8, 4) is 0 Å². The van der Waals surface area contributed by atoms with Gasteiger partial charge in [-0.25, -0.2) is 14.8 Å². The molecule has 0 radical (unpaired) electrons. The Kier molecular flexibility index (Phi) is 3.79. The van der Waals surface area contributed by atoms with Crippen LogP contribution in [-0.4, -0.2) is 32.4 Å². The fraction of sp³-hybridized carbons (Fsp3) is 0.353. The second-order valence-electron chi connectivity index (χ2n) is 6.39. The summed E-state index contributed by atoms with van der Waals surface area (Å²) < 4.78 is 0. The predicted octanol–water partition coefficient (Wildman–Crippen LogP) is 2.85. The number of fused-ring (bicyclic) bond motifs is 1. The number of nitro benzene ring substituents is 1. The number of nitrogens with one attached hydrogen (secondary N) is 1. The standard InChI is InChI=1S/C17H17N5O3/c23-17(20-16-18-7-5-15(19-16)12-1-2-12)21-8-6-11-3-4-14(22(24)25)9-13(11)10-21/h3-5,7,9,12H,1-2,6,8,10H2,(H,18,19,20,23). The number of rotatable bonds is 3. The molecule has 0 saturated heterocycles. The lowest BCUT2D eigenvalue weighted by Gasteiger charge is -2.28. The van der Waals surface area contributed by atoms with E-state index in [1.165, 1.54) is 6.07 Å². The molecule has 0 bridgehead atoms. The highest BCUT2D eigenvalue weighted by atomic mass is 16.6. The average Bonchev–Trinajstić information content (AvgIpc) is 3.46. The van der Waals surface area contributed by atoms with E-state index in [9.17, 15) is 14.9 Å². The van der Waals surface area contributed by atoms with Gasteiger partial charge >= 0.3 is 6.03 Å². The highest BCUT2D eigenvalue weighted by molar-refractivity contribution is 5.87. The molecular weight excluding hydrogens is 322 g/mol. The third kappa shape index (κ3) is 3.28. The van der Waals surface area contributed by atoms with Crippen LogP contribution in [0.5, 0.6) is 0 Å². The van der Waals surface area contributed by atoms with Gasteiger partial charge in [0.25, 0.3) is 5.69 Å². The van der Waals surface area contributed by atoms with Crippen LogP contribution >= 0.6 is 0 Å². The van der Waals surface area contributed by atoms with Crippen molar-refractivity contribution < 1.29 is 9.72 Å². The normalized spacial score (nSPS) is 16.2. The minimum atomic E-state index is -0.420. The van der Waals surface area contributed by atoms with Crippen LogP contribution in [0.3, 0.4) is 0 Å². The minimum absolute atomic E-state index is 0.0430. The monoisotopic (exact) mass is 339 g/mol. The number of nitro groups is 1. The van der Waals surface area contributed by atoms with Gasteiger partial charge < -0.3 is 4.90 Å². The van der Waals surface area contributed by atoms with E-state index in [1.807, 2.05) is 6.07 Å². The van der Waals surface area contributed by atoms with Crippen LogP contribution in [0.15, 0.2) is 30.5 Å². The summed E-state index contributed by atoms with van der Waals surface area (Å²) in [6, 6.07) is 6.41. The van der Waals surface area contributed by atoms with Gasteiger partial charge in [0.15, 0.2) is 0 Å². The third-order valence-corrected chi connectivity index (χ3v) is 4.59. The van der Waals surface area contributed by atoms with Crippen molar-refractivity contribution in [2.45, 2.75) is 31.7 Å². The maximum Gasteiger partial charge on any atom is 0.324 e. The molecule has 2 aliphatic rings. The first-order valence-electron chi connectivity index (χ1n) is 8.25. The largest absolute Gasteiger partial charge is 0.324 e. The molecule has 25 heavy (non-hydrogen) atoms. The Morgan fingerprint density at radius 3 is 2.88 bits per heavy atom. The molecule has 2 amide bonds. The molecule has 1 aliphatic heterocycles. The molecule has 1 saturated carbocycles. The number of benzene rings is 1. The highest BCUT2D eigenvalue weighted by Gasteiger charge is 2.26. The second-order valence-corrected chi connectivity index (χ2v) is 6.39. The summed E-state index contributed by atoms with van der Waals surface area (Å²) in [4.78, 5) is 33.1. The molecule has 1 aliphatic carbocycles. The number of hydrogen-bond acceptors (Lipinski definition) is 5. The fourth-order valence-corrected chi connectivity index (χ4v) is 3.04. The van der Waals surface area contributed by atoms with Gasteiger partial charge in [-0.05, 0) is 36.5 Å². The molecule has 0 unspecified atom stereocenters. The van der Waals surface area contributed by atoms with Gasteiger partial charge in [-0.15, -0.1) is 0 Å². The van der Waals surface area contributed by atoms with Crippen molar-refractivity contribution in [3.63, 3.8) is 0 Å². The molecule has 2 heterocycles. The zero-order valence-corrected chi connectivity index (χ0v) is 13.5. The van der Waals surface area contributed by atoms with Crippen LogP contribution < -0.4 is 5.32 Å². The van der Waals surface area contributed by atoms with E-state index < -0.39 is 4.92 Å². The molecule has 8 heteroatoms. The summed E-state index contributed by atoms with van der Waals surface area (Å²) >= 11 is 0. The van der Waals surface area contributed by atoms with Crippen LogP contribution in [-0.2, 0) is 13.0 Å². The molecule has 0 atom stereocenters. The maximum atomic E-state index is 12.5. The Morgan fingerprint density at radius 1 is 1.28 bits per heavy atom. The summed E-state index contributed by atoms with van der Waals surface area (Å²) in [5.74, 6) is 0.792. The van der Waals surface area contributed by atoms with Crippen molar-refractivity contribution >= 4 is 17.7 Å². The number of anilines is 1. The molecule has 2 aromatic rings. The van der Waals surface area contributed by atoms with Crippen LogP contribution in [0.1, 0.15) is 35.6 Å². The van der Waals surface area contributed by atoms with Crippen LogP contribution in [0.4, 0.5) is 16.4 Å². The second kappa shape index (κ2) is 6.12. The topological polar surface area (TPSA) is 101 Å². The number of hydrogen-bond donors (Lipinski definition) is 1. The lowest BCUT2D eigenvalue weighted by molar-refractivity contribution is -0.385. The molecule has 1 aromatic heterocycles. The summed E-state index contributed by atoms with van der Waals surface area (Å²) in [6.45, 7) is 0.893. The summed E-state index contributed by atoms with van der Waals surface area (Å²) in [6.07, 6.45) is 4.59. The first-order valence-corrected chi connectivity index (χ1v) is 8.25. The van der Waals surface area contributed by atoms with E-state index >= 15 is 0 Å². The van der Waals surface area contributed by atoms with Gasteiger partial charge in [-0.2, -0.15) is 0 Å². The molecule has 8 nitrogen and oxygen atoms in total. The van der Waals surface area contributed by atoms with Gasteiger partial charge in [0.1, 0.15) is 0 Å². The van der Waals surface area contributed by atoms with Crippen LogP contribution in [0.2, 0.25) is 0 Å². The number of urea groups is 1. The van der Waals surface area contributed by atoms with Crippen LogP contribution in [0, 0.1) is 10.1 Å². The predicted molar refractivity (Wildman–Crippen MR) is 90.2 cm³/mol. The number of carbonyl (C=O) groups excluding carboxylic acids is 1. The van der Waals surface area contributed by atoms with Gasteiger partial charge in [0.05, 0.1) is 4.92 Å². The van der Waals surface area contributed by atoms with Crippen molar-refractivity contribution in [1.82, 2.24) is 14.9 Å². The quantitative estimate of drug-likeness (QED) is 0.684. The van der Waals surface area contributed by atoms with Crippen molar-refractivity contribution in [3.05, 3.63) is 57.4 Å². The highest BCUT2D eigenvalue weighted by Crippen LogP contribution is 2.38. The van der Waals surface area contributed by atoms with Crippen LogP contribution in [0.25, 0.3) is 0 Å². The van der Waals surface area contributed by atoms with E-state index in [4.69, 9.17) is 0 Å². The minimum Gasteiger partial charge on any atom is -0.320 e. The zero-order valence-electron chi connectivity index (χ0n) is 13.5. The Morgan fingerprint density at radius 2 is 2.12 bits per heavy atom. The first-order chi connectivity index (χ1) is 12.1. The van der Waals surface area contributed by atoms with Gasteiger partial charge in [-0.3, -0.25) is 15.4 Å². The molecule has 128 valence electrons. The summed E-state index contributed by atoms with van der Waals surface area (Å²) in [5, 5.41) is 13.7. The van der Waals surface area contributed by atoms with E-state index in [2.05, 4.69) is 15.3 Å². The maximum absolute atomic E-state index is 12.5. The van der Waals surface area contributed by atoms with Gasteiger partial charge in [-0.1, -0.05) is 6.07 Å². The Labute approximate surface area is 144 Å². The molecule has 4 rings (SSSR count). The molecule has 0 spiro atoms. The average molecular weight is 339 g/mol. The Balaban J connectivity index is 1.47. The van der Waals surface area contributed by atoms with E-state index in [1.54, 1.807) is 23.2 Å². The molecule has 1 fully saturated rings. The first kappa shape index (κ1) is 15.5. The Hall–Kier alpha value is -3.03. The van der Waals surface area contributed by atoms with E-state index in [0.29, 0.717) is 31.4 Å². The van der Waals surface area contributed by atoms with Crippen molar-refractivity contribution in [1.29, 1.82) is 0 Å². The molecule has 1 N–H and O–H groups in total. The van der Waals surface area contributed by atoms with E-state index in [0.717, 1.165) is 29.7 Å². The van der Waals surface area contributed by atoms with Crippen molar-refractivity contribution in [2.75, 3.05) is 11.9 Å².